The Hall–Kier alpha value is -2.50. The van der Waals surface area contributed by atoms with E-state index in [0.717, 1.165) is 29.1 Å². The van der Waals surface area contributed by atoms with E-state index in [1.807, 2.05) is 23.1 Å². The van der Waals surface area contributed by atoms with Crippen LogP contribution in [0.5, 0.6) is 11.5 Å². The minimum Gasteiger partial charge on any atom is -0.493 e. The molecule has 24 heavy (non-hydrogen) atoms. The van der Waals surface area contributed by atoms with Gasteiger partial charge in [-0.05, 0) is 37.0 Å². The number of nitrogens with one attached hydrogen (secondary N) is 1. The molecule has 2 aromatic rings. The van der Waals surface area contributed by atoms with Gasteiger partial charge in [-0.1, -0.05) is 0 Å². The van der Waals surface area contributed by atoms with Crippen molar-refractivity contribution < 1.29 is 14.3 Å². The second-order valence-electron chi connectivity index (χ2n) is 6.49. The average molecular weight is 327 g/mol. The number of hydrogen-bond donors (Lipinski definition) is 1. The van der Waals surface area contributed by atoms with Crippen molar-refractivity contribution in [2.45, 2.75) is 25.8 Å². The Labute approximate surface area is 140 Å². The molecular weight excluding hydrogens is 306 g/mol. The number of methoxy groups -OCH3 is 2. The maximum atomic E-state index is 12.5. The molecule has 1 aliphatic carbocycles. The zero-order chi connectivity index (χ0) is 16.7. The predicted octanol–water partition coefficient (Wildman–Crippen LogP) is 2.39. The molecule has 6 nitrogen and oxygen atoms in total. The molecule has 1 N–H and O–H groups in total. The molecule has 0 atom stereocenters. The van der Waals surface area contributed by atoms with Crippen LogP contribution in [0.4, 0.5) is 0 Å². The van der Waals surface area contributed by atoms with Gasteiger partial charge >= 0.3 is 0 Å². The van der Waals surface area contributed by atoms with Gasteiger partial charge in [-0.25, -0.2) is 0 Å². The summed E-state index contributed by atoms with van der Waals surface area (Å²) in [4.78, 5) is 14.4. The highest BCUT2D eigenvalue weighted by Gasteiger charge is 2.32. The Balaban J connectivity index is 1.64. The van der Waals surface area contributed by atoms with Crippen molar-refractivity contribution in [3.05, 3.63) is 29.5 Å². The molecule has 1 aromatic heterocycles. The Bertz CT molecular complexity index is 780. The first-order valence-electron chi connectivity index (χ1n) is 8.26. The monoisotopic (exact) mass is 327 g/mol. The number of fused-ring (bicyclic) bond motifs is 1. The van der Waals surface area contributed by atoms with Gasteiger partial charge in [0.2, 0.25) is 5.91 Å². The van der Waals surface area contributed by atoms with Gasteiger partial charge in [0.05, 0.1) is 38.6 Å². The lowest BCUT2D eigenvalue weighted by molar-refractivity contribution is -0.132. The first kappa shape index (κ1) is 15.1. The molecule has 1 saturated carbocycles. The Morgan fingerprint density at radius 3 is 2.75 bits per heavy atom. The summed E-state index contributed by atoms with van der Waals surface area (Å²) < 4.78 is 10.7. The molecule has 4 rings (SSSR count). The summed E-state index contributed by atoms with van der Waals surface area (Å²) in [5.41, 5.74) is 3.79. The number of carbonyl (C=O) groups excluding carboxylic acids is 1. The molecule has 0 bridgehead atoms. The van der Waals surface area contributed by atoms with Crippen LogP contribution in [0.3, 0.4) is 0 Å². The lowest BCUT2D eigenvalue weighted by Crippen LogP contribution is -2.37. The number of aromatic amines is 1. The number of hydrogen-bond acceptors (Lipinski definition) is 4. The van der Waals surface area contributed by atoms with Gasteiger partial charge < -0.3 is 14.4 Å². The van der Waals surface area contributed by atoms with Crippen LogP contribution in [0, 0.1) is 5.92 Å². The first-order chi connectivity index (χ1) is 11.7. The topological polar surface area (TPSA) is 67.5 Å². The Morgan fingerprint density at radius 1 is 1.25 bits per heavy atom. The fraction of sp³-hybridized carbons (Fsp3) is 0.444. The maximum absolute atomic E-state index is 12.5. The van der Waals surface area contributed by atoms with Crippen molar-refractivity contribution in [3.63, 3.8) is 0 Å². The number of aromatic nitrogens is 2. The molecule has 1 amide bonds. The highest BCUT2D eigenvalue weighted by Crippen LogP contribution is 2.36. The molecule has 2 heterocycles. The second kappa shape index (κ2) is 5.85. The molecule has 126 valence electrons. The third kappa shape index (κ3) is 2.62. The number of rotatable bonds is 5. The molecule has 0 unspecified atom stereocenters. The van der Waals surface area contributed by atoms with E-state index in [1.54, 1.807) is 14.2 Å². The summed E-state index contributed by atoms with van der Waals surface area (Å²) in [7, 11) is 3.22. The van der Waals surface area contributed by atoms with Crippen LogP contribution >= 0.6 is 0 Å². The van der Waals surface area contributed by atoms with E-state index in [4.69, 9.17) is 9.47 Å². The Morgan fingerprint density at radius 2 is 2.04 bits per heavy atom. The van der Waals surface area contributed by atoms with E-state index in [9.17, 15) is 4.79 Å². The van der Waals surface area contributed by atoms with E-state index in [-0.39, 0.29) is 5.91 Å². The molecule has 2 aliphatic rings. The minimum absolute atomic E-state index is 0.192. The fourth-order valence-corrected chi connectivity index (χ4v) is 3.27. The smallest absolute Gasteiger partial charge is 0.227 e. The van der Waals surface area contributed by atoms with Gasteiger partial charge in [0.1, 0.15) is 0 Å². The first-order valence-corrected chi connectivity index (χ1v) is 8.26. The summed E-state index contributed by atoms with van der Waals surface area (Å²) >= 11 is 0. The van der Waals surface area contributed by atoms with E-state index < -0.39 is 0 Å². The van der Waals surface area contributed by atoms with Gasteiger partial charge in [0, 0.05) is 17.7 Å². The number of ether oxygens (including phenoxy) is 2. The van der Waals surface area contributed by atoms with Gasteiger partial charge in [-0.2, -0.15) is 5.10 Å². The summed E-state index contributed by atoms with van der Waals surface area (Å²) in [5, 5.41) is 7.58. The van der Waals surface area contributed by atoms with Crippen LogP contribution in [0.1, 0.15) is 24.1 Å². The van der Waals surface area contributed by atoms with Crippen molar-refractivity contribution >= 4 is 5.91 Å². The highest BCUT2D eigenvalue weighted by atomic mass is 16.5. The van der Waals surface area contributed by atoms with Crippen LogP contribution in [0.25, 0.3) is 11.3 Å². The third-order valence-corrected chi connectivity index (χ3v) is 4.81. The third-order valence-electron chi connectivity index (χ3n) is 4.81. The van der Waals surface area contributed by atoms with Crippen LogP contribution in [0.2, 0.25) is 0 Å². The molecule has 1 fully saturated rings. The highest BCUT2D eigenvalue weighted by molar-refractivity contribution is 5.84. The number of H-pyrrole nitrogens is 1. The van der Waals surface area contributed by atoms with E-state index in [2.05, 4.69) is 10.2 Å². The second-order valence-corrected chi connectivity index (χ2v) is 6.49. The summed E-state index contributed by atoms with van der Waals surface area (Å²) in [5.74, 6) is 2.22. The standard InChI is InChI=1S/C18H21N3O3/c1-23-15-6-5-12(7-16(15)24-2)18-13-8-17(22)21(9-11-3-4-11)10-14(13)19-20-18/h5-7,11H,3-4,8-10H2,1-2H3,(H,19,20). The lowest BCUT2D eigenvalue weighted by Gasteiger charge is -2.26. The quantitative estimate of drug-likeness (QED) is 0.915. The van der Waals surface area contributed by atoms with Crippen LogP contribution in [-0.2, 0) is 17.8 Å². The normalized spacial score (nSPS) is 16.9. The molecule has 0 spiro atoms. The van der Waals surface area contributed by atoms with Crippen molar-refractivity contribution in [3.8, 4) is 22.8 Å². The van der Waals surface area contributed by atoms with Crippen molar-refractivity contribution in [2.75, 3.05) is 20.8 Å². The largest absolute Gasteiger partial charge is 0.493 e. The molecule has 1 aliphatic heterocycles. The van der Waals surface area contributed by atoms with Crippen LogP contribution in [-0.4, -0.2) is 41.8 Å². The SMILES string of the molecule is COc1ccc(-c2n[nH]c3c2CC(=O)N(CC2CC2)C3)cc1OC. The lowest BCUT2D eigenvalue weighted by atomic mass is 9.99. The van der Waals surface area contributed by atoms with Gasteiger partial charge in [0.15, 0.2) is 11.5 Å². The van der Waals surface area contributed by atoms with Gasteiger partial charge in [0.25, 0.3) is 0 Å². The van der Waals surface area contributed by atoms with Crippen LogP contribution in [0.15, 0.2) is 18.2 Å². The van der Waals surface area contributed by atoms with E-state index in [1.165, 1.54) is 12.8 Å². The molecule has 6 heteroatoms. The van der Waals surface area contributed by atoms with Crippen molar-refractivity contribution in [2.24, 2.45) is 5.92 Å². The zero-order valence-electron chi connectivity index (χ0n) is 14.0. The Kier molecular flexibility index (Phi) is 3.67. The summed E-state index contributed by atoms with van der Waals surface area (Å²) in [6.45, 7) is 1.51. The molecule has 0 saturated heterocycles. The van der Waals surface area contributed by atoms with Gasteiger partial charge in [-0.15, -0.1) is 0 Å². The number of carbonyl (C=O) groups is 1. The molecule has 1 aromatic carbocycles. The summed E-state index contributed by atoms with van der Waals surface area (Å²) in [6.07, 6.45) is 2.90. The fourth-order valence-electron chi connectivity index (χ4n) is 3.27. The zero-order valence-corrected chi connectivity index (χ0v) is 14.0. The molecule has 0 radical (unpaired) electrons. The van der Waals surface area contributed by atoms with Crippen LogP contribution < -0.4 is 9.47 Å². The van der Waals surface area contributed by atoms with Gasteiger partial charge in [-0.3, -0.25) is 9.89 Å². The number of amides is 1. The van der Waals surface area contributed by atoms with E-state index in [0.29, 0.717) is 30.4 Å². The number of nitrogens with zero attached hydrogens (tertiary/aromatic N) is 2. The van der Waals surface area contributed by atoms with E-state index >= 15 is 0 Å². The summed E-state index contributed by atoms with van der Waals surface area (Å²) in [6, 6.07) is 5.70. The maximum Gasteiger partial charge on any atom is 0.227 e. The number of benzene rings is 1. The minimum atomic E-state index is 0.192. The molecular formula is C18H21N3O3. The average Bonchev–Trinajstić information content (AvgIpc) is 3.33. The van der Waals surface area contributed by atoms with Crippen molar-refractivity contribution in [1.29, 1.82) is 0 Å². The van der Waals surface area contributed by atoms with Crippen molar-refractivity contribution in [1.82, 2.24) is 15.1 Å². The predicted molar refractivity (Wildman–Crippen MR) is 89.0 cm³/mol.